The molecule has 1 aliphatic heterocycles. The number of quaternary nitrogens is 1. The lowest BCUT2D eigenvalue weighted by Gasteiger charge is -2.31. The van der Waals surface area contributed by atoms with Crippen molar-refractivity contribution in [2.45, 2.75) is 19.5 Å². The number of aromatic nitrogens is 4. The Morgan fingerprint density at radius 1 is 1.03 bits per heavy atom. The van der Waals surface area contributed by atoms with Gasteiger partial charge < -0.3 is 18.8 Å². The number of furan rings is 1. The molecule has 4 heterocycles. The number of carbonyl (C=O) groups is 1. The highest BCUT2D eigenvalue weighted by atomic mass is 16.3. The van der Waals surface area contributed by atoms with Gasteiger partial charge in [-0.1, -0.05) is 30.3 Å². The molecule has 4 aromatic rings. The summed E-state index contributed by atoms with van der Waals surface area (Å²) in [6.07, 6.45) is 2.25. The largest absolute Gasteiger partial charge is 0.459 e. The average molecular weight is 478 g/mol. The van der Waals surface area contributed by atoms with Crippen LogP contribution in [0.4, 0.5) is 0 Å². The van der Waals surface area contributed by atoms with Crippen molar-refractivity contribution < 1.29 is 14.1 Å². The number of amides is 1. The lowest BCUT2D eigenvalue weighted by molar-refractivity contribution is -0.918. The van der Waals surface area contributed by atoms with Crippen LogP contribution in [0.1, 0.15) is 21.9 Å². The summed E-state index contributed by atoms with van der Waals surface area (Å²) in [5.74, 6) is 1.03. The molecule has 3 aromatic heterocycles. The highest BCUT2D eigenvalue weighted by molar-refractivity contribution is 5.91. The van der Waals surface area contributed by atoms with Gasteiger partial charge in [0, 0.05) is 20.6 Å². The Morgan fingerprint density at radius 2 is 1.77 bits per heavy atom. The van der Waals surface area contributed by atoms with Gasteiger partial charge in [0.15, 0.2) is 22.7 Å². The minimum atomic E-state index is -0.390. The summed E-state index contributed by atoms with van der Waals surface area (Å²) in [4.78, 5) is 46.1. The van der Waals surface area contributed by atoms with Crippen molar-refractivity contribution in [1.29, 1.82) is 0 Å². The first kappa shape index (κ1) is 22.9. The highest BCUT2D eigenvalue weighted by Gasteiger charge is 2.28. The summed E-state index contributed by atoms with van der Waals surface area (Å²) in [6, 6.07) is 13.5. The van der Waals surface area contributed by atoms with E-state index in [2.05, 4.69) is 12.1 Å². The Bertz CT molecular complexity index is 1460. The second-order valence-corrected chi connectivity index (χ2v) is 8.99. The SMILES string of the molecule is Cn1c(=O)c2c(nc(C[NH+]3CCN(C(=O)c4ccco4)CC3)n2CCc2ccccc2)n(C)c1=O. The number of piperazine rings is 1. The molecule has 0 spiro atoms. The molecule has 35 heavy (non-hydrogen) atoms. The smallest absolute Gasteiger partial charge is 0.332 e. The van der Waals surface area contributed by atoms with Crippen molar-refractivity contribution in [3.8, 4) is 0 Å². The van der Waals surface area contributed by atoms with E-state index in [0.717, 1.165) is 29.9 Å². The zero-order chi connectivity index (χ0) is 24.5. The third-order valence-electron chi connectivity index (χ3n) is 6.79. The third kappa shape index (κ3) is 4.32. The maximum absolute atomic E-state index is 13.1. The summed E-state index contributed by atoms with van der Waals surface area (Å²) in [5, 5.41) is 0. The molecule has 182 valence electrons. The zero-order valence-corrected chi connectivity index (χ0v) is 19.9. The summed E-state index contributed by atoms with van der Waals surface area (Å²) in [5.41, 5.74) is 1.30. The Kier molecular flexibility index (Phi) is 6.12. The Balaban J connectivity index is 1.41. The first-order chi connectivity index (χ1) is 16.9. The molecule has 0 atom stereocenters. The number of hydrogen-bond acceptors (Lipinski definition) is 5. The van der Waals surface area contributed by atoms with Crippen LogP contribution >= 0.6 is 0 Å². The van der Waals surface area contributed by atoms with Crippen LogP contribution in [0.15, 0.2) is 62.7 Å². The number of benzene rings is 1. The molecule has 0 saturated carbocycles. The van der Waals surface area contributed by atoms with E-state index in [0.29, 0.717) is 43.1 Å². The molecule has 1 aliphatic rings. The zero-order valence-electron chi connectivity index (χ0n) is 19.9. The quantitative estimate of drug-likeness (QED) is 0.415. The maximum Gasteiger partial charge on any atom is 0.332 e. The predicted molar refractivity (Wildman–Crippen MR) is 129 cm³/mol. The summed E-state index contributed by atoms with van der Waals surface area (Å²) in [6.45, 7) is 3.92. The fourth-order valence-corrected chi connectivity index (χ4v) is 4.74. The van der Waals surface area contributed by atoms with Gasteiger partial charge in [-0.3, -0.25) is 18.7 Å². The lowest BCUT2D eigenvalue weighted by atomic mass is 10.1. The van der Waals surface area contributed by atoms with E-state index in [4.69, 9.17) is 9.40 Å². The average Bonchev–Trinajstić information content (AvgIpc) is 3.54. The van der Waals surface area contributed by atoms with Gasteiger partial charge in [0.25, 0.3) is 11.5 Å². The number of fused-ring (bicyclic) bond motifs is 1. The molecule has 1 N–H and O–H groups in total. The fraction of sp³-hybridized carbons (Fsp3) is 0.360. The van der Waals surface area contributed by atoms with E-state index in [9.17, 15) is 14.4 Å². The lowest BCUT2D eigenvalue weighted by Crippen LogP contribution is -3.13. The molecule has 1 amide bonds. The van der Waals surface area contributed by atoms with Gasteiger partial charge in [-0.2, -0.15) is 0 Å². The first-order valence-electron chi connectivity index (χ1n) is 11.8. The standard InChI is InChI=1S/C25H28N6O4/c1-27-22-21(24(33)28(2)25(27)34)31(11-10-18-7-4-3-5-8-18)20(26-22)17-29-12-14-30(15-13-29)23(32)19-9-6-16-35-19/h3-9,16H,10-15,17H2,1-2H3/p+1. The molecule has 1 saturated heterocycles. The molecular formula is C25H29N6O4+. The van der Waals surface area contributed by atoms with Gasteiger partial charge in [-0.25, -0.2) is 9.78 Å². The van der Waals surface area contributed by atoms with Crippen molar-refractivity contribution in [3.05, 3.63) is 86.7 Å². The Morgan fingerprint density at radius 3 is 2.46 bits per heavy atom. The van der Waals surface area contributed by atoms with E-state index in [-0.39, 0.29) is 17.2 Å². The summed E-state index contributed by atoms with van der Waals surface area (Å²) in [7, 11) is 3.15. The Hall–Kier alpha value is -3.92. The van der Waals surface area contributed by atoms with Crippen molar-refractivity contribution in [2.75, 3.05) is 26.2 Å². The normalized spacial score (nSPS) is 14.6. The topological polar surface area (TPSA) is 99.7 Å². The minimum absolute atomic E-state index is 0.0948. The van der Waals surface area contributed by atoms with Crippen LogP contribution < -0.4 is 16.1 Å². The summed E-state index contributed by atoms with van der Waals surface area (Å²) < 4.78 is 9.80. The molecule has 10 nitrogen and oxygen atoms in total. The van der Waals surface area contributed by atoms with Gasteiger partial charge >= 0.3 is 5.69 Å². The third-order valence-corrected chi connectivity index (χ3v) is 6.79. The molecule has 0 radical (unpaired) electrons. The van der Waals surface area contributed by atoms with Gasteiger partial charge in [0.1, 0.15) is 6.54 Å². The predicted octanol–water partition coefficient (Wildman–Crippen LogP) is -0.190. The van der Waals surface area contributed by atoms with Crippen molar-refractivity contribution in [2.24, 2.45) is 14.1 Å². The maximum atomic E-state index is 13.1. The van der Waals surface area contributed by atoms with Crippen molar-refractivity contribution in [3.63, 3.8) is 0 Å². The second kappa shape index (κ2) is 9.38. The van der Waals surface area contributed by atoms with Gasteiger partial charge in [-0.05, 0) is 24.1 Å². The fourth-order valence-electron chi connectivity index (χ4n) is 4.74. The van der Waals surface area contributed by atoms with Crippen LogP contribution in [-0.4, -0.2) is 55.7 Å². The molecule has 0 aliphatic carbocycles. The van der Waals surface area contributed by atoms with Crippen LogP contribution in [0.25, 0.3) is 11.2 Å². The minimum Gasteiger partial charge on any atom is -0.459 e. The van der Waals surface area contributed by atoms with Crippen LogP contribution in [0.5, 0.6) is 0 Å². The van der Waals surface area contributed by atoms with Crippen LogP contribution in [0, 0.1) is 0 Å². The van der Waals surface area contributed by atoms with Crippen LogP contribution in [0.2, 0.25) is 0 Å². The number of nitrogens with one attached hydrogen (secondary N) is 1. The number of hydrogen-bond donors (Lipinski definition) is 1. The summed E-state index contributed by atoms with van der Waals surface area (Å²) >= 11 is 0. The molecule has 1 aromatic carbocycles. The van der Waals surface area contributed by atoms with Gasteiger partial charge in [0.2, 0.25) is 0 Å². The molecule has 5 rings (SSSR count). The van der Waals surface area contributed by atoms with E-state index >= 15 is 0 Å². The second-order valence-electron chi connectivity index (χ2n) is 8.99. The van der Waals surface area contributed by atoms with E-state index in [1.165, 1.54) is 28.3 Å². The molecular weight excluding hydrogens is 448 g/mol. The number of aryl methyl sites for hydroxylation is 3. The Labute approximate surface area is 201 Å². The van der Waals surface area contributed by atoms with E-state index in [1.54, 1.807) is 24.1 Å². The molecule has 1 fully saturated rings. The van der Waals surface area contributed by atoms with Crippen LogP contribution in [-0.2, 0) is 33.6 Å². The molecule has 0 bridgehead atoms. The number of rotatable bonds is 6. The van der Waals surface area contributed by atoms with Crippen molar-refractivity contribution in [1.82, 2.24) is 23.6 Å². The van der Waals surface area contributed by atoms with Crippen LogP contribution in [0.3, 0.4) is 0 Å². The van der Waals surface area contributed by atoms with E-state index in [1.807, 2.05) is 22.8 Å². The highest BCUT2D eigenvalue weighted by Crippen LogP contribution is 2.13. The van der Waals surface area contributed by atoms with Crippen molar-refractivity contribution >= 4 is 17.1 Å². The number of nitrogens with zero attached hydrogens (tertiary/aromatic N) is 5. The molecule has 0 unspecified atom stereocenters. The van der Waals surface area contributed by atoms with E-state index < -0.39 is 0 Å². The number of carbonyl (C=O) groups excluding carboxylic acids is 1. The number of imidazole rings is 1. The monoisotopic (exact) mass is 477 g/mol. The first-order valence-corrected chi connectivity index (χ1v) is 11.8. The van der Waals surface area contributed by atoms with Gasteiger partial charge in [0.05, 0.1) is 32.4 Å². The van der Waals surface area contributed by atoms with Gasteiger partial charge in [-0.15, -0.1) is 0 Å². The molecule has 10 heteroatoms.